The van der Waals surface area contributed by atoms with Crippen LogP contribution >= 0.6 is 0 Å². The van der Waals surface area contributed by atoms with Gasteiger partial charge in [-0.1, -0.05) is 19.8 Å². The molecule has 5 nitrogen and oxygen atoms in total. The molecule has 0 aromatic carbocycles. The van der Waals surface area contributed by atoms with E-state index in [-0.39, 0.29) is 24.7 Å². The standard InChI is InChI=1S/C14H26N2O3/c1-10(2)16(9-13(17)18)14(19)15(4)12-8-6-5-7-11(12)3/h10-12H,5-9H2,1-4H3,(H,17,18). The van der Waals surface area contributed by atoms with Gasteiger partial charge in [0.2, 0.25) is 0 Å². The molecule has 110 valence electrons. The molecule has 5 heteroatoms. The second kappa shape index (κ2) is 6.78. The van der Waals surface area contributed by atoms with Crippen molar-refractivity contribution in [3.05, 3.63) is 0 Å². The van der Waals surface area contributed by atoms with Crippen molar-refractivity contribution in [2.24, 2.45) is 5.92 Å². The van der Waals surface area contributed by atoms with E-state index in [4.69, 9.17) is 5.11 Å². The number of nitrogens with zero attached hydrogens (tertiary/aromatic N) is 2. The van der Waals surface area contributed by atoms with Gasteiger partial charge in [0.25, 0.3) is 0 Å². The van der Waals surface area contributed by atoms with Crippen LogP contribution in [0.1, 0.15) is 46.5 Å². The third kappa shape index (κ3) is 4.11. The normalized spacial score (nSPS) is 23.2. The molecule has 0 saturated heterocycles. The highest BCUT2D eigenvalue weighted by Crippen LogP contribution is 2.28. The third-order valence-electron chi connectivity index (χ3n) is 4.04. The highest BCUT2D eigenvalue weighted by molar-refractivity contribution is 5.80. The summed E-state index contributed by atoms with van der Waals surface area (Å²) in [5.74, 6) is -0.478. The summed E-state index contributed by atoms with van der Waals surface area (Å²) in [5, 5.41) is 8.91. The number of carbonyl (C=O) groups excluding carboxylic acids is 1. The molecule has 0 radical (unpaired) electrons. The number of amides is 2. The molecule has 1 aliphatic carbocycles. The van der Waals surface area contributed by atoms with Gasteiger partial charge in [-0.3, -0.25) is 4.79 Å². The van der Waals surface area contributed by atoms with E-state index in [1.165, 1.54) is 11.3 Å². The average molecular weight is 270 g/mol. The fraction of sp³-hybridized carbons (Fsp3) is 0.857. The number of rotatable bonds is 4. The van der Waals surface area contributed by atoms with E-state index in [1.807, 2.05) is 13.8 Å². The maximum Gasteiger partial charge on any atom is 0.323 e. The summed E-state index contributed by atoms with van der Waals surface area (Å²) in [7, 11) is 1.80. The Kier molecular flexibility index (Phi) is 5.63. The number of urea groups is 1. The van der Waals surface area contributed by atoms with Crippen molar-refractivity contribution in [2.75, 3.05) is 13.6 Å². The molecular formula is C14H26N2O3. The third-order valence-corrected chi connectivity index (χ3v) is 4.04. The van der Waals surface area contributed by atoms with Gasteiger partial charge in [-0.05, 0) is 32.6 Å². The maximum atomic E-state index is 12.5. The zero-order chi connectivity index (χ0) is 14.6. The molecule has 1 aliphatic rings. The quantitative estimate of drug-likeness (QED) is 0.853. The molecule has 1 N–H and O–H groups in total. The summed E-state index contributed by atoms with van der Waals surface area (Å²) in [6.07, 6.45) is 4.53. The summed E-state index contributed by atoms with van der Waals surface area (Å²) in [5.41, 5.74) is 0. The Morgan fingerprint density at radius 2 is 1.84 bits per heavy atom. The van der Waals surface area contributed by atoms with E-state index in [1.54, 1.807) is 11.9 Å². The van der Waals surface area contributed by atoms with E-state index < -0.39 is 5.97 Å². The Hall–Kier alpha value is -1.26. The first-order chi connectivity index (χ1) is 8.84. The highest BCUT2D eigenvalue weighted by Gasteiger charge is 2.31. The SMILES string of the molecule is CC1CCCCC1N(C)C(=O)N(CC(=O)O)C(C)C. The van der Waals surface area contributed by atoms with Crippen LogP contribution in [0.4, 0.5) is 4.79 Å². The van der Waals surface area contributed by atoms with Gasteiger partial charge in [-0.15, -0.1) is 0 Å². The van der Waals surface area contributed by atoms with E-state index in [0.717, 1.165) is 19.3 Å². The molecular weight excluding hydrogens is 244 g/mol. The molecule has 1 saturated carbocycles. The molecule has 0 bridgehead atoms. The number of carbonyl (C=O) groups is 2. The van der Waals surface area contributed by atoms with Crippen LogP contribution in [0.2, 0.25) is 0 Å². The summed E-state index contributed by atoms with van der Waals surface area (Å²) in [4.78, 5) is 26.5. The maximum absolute atomic E-state index is 12.5. The summed E-state index contributed by atoms with van der Waals surface area (Å²) < 4.78 is 0. The first-order valence-electron chi connectivity index (χ1n) is 7.09. The van der Waals surface area contributed by atoms with Crippen LogP contribution in [-0.2, 0) is 4.79 Å². The molecule has 2 amide bonds. The molecule has 1 fully saturated rings. The van der Waals surface area contributed by atoms with Crippen molar-refractivity contribution < 1.29 is 14.7 Å². The number of aliphatic carboxylic acids is 1. The van der Waals surface area contributed by atoms with Crippen molar-refractivity contribution in [3.63, 3.8) is 0 Å². The molecule has 1 rings (SSSR count). The minimum Gasteiger partial charge on any atom is -0.480 e. The van der Waals surface area contributed by atoms with Crippen LogP contribution in [0.15, 0.2) is 0 Å². The average Bonchev–Trinajstić information content (AvgIpc) is 2.34. The zero-order valence-electron chi connectivity index (χ0n) is 12.4. The minimum absolute atomic E-state index is 0.107. The molecule has 0 aromatic rings. The van der Waals surface area contributed by atoms with Gasteiger partial charge in [0.1, 0.15) is 6.54 Å². The number of hydrogen-bond acceptors (Lipinski definition) is 2. The van der Waals surface area contributed by atoms with Crippen LogP contribution in [0.5, 0.6) is 0 Å². The van der Waals surface area contributed by atoms with Gasteiger partial charge in [0, 0.05) is 19.1 Å². The van der Waals surface area contributed by atoms with Crippen LogP contribution in [0, 0.1) is 5.92 Å². The van der Waals surface area contributed by atoms with Crippen LogP contribution in [0.3, 0.4) is 0 Å². The molecule has 0 spiro atoms. The predicted molar refractivity (Wildman–Crippen MR) is 74.1 cm³/mol. The lowest BCUT2D eigenvalue weighted by molar-refractivity contribution is -0.138. The summed E-state index contributed by atoms with van der Waals surface area (Å²) in [6.45, 7) is 5.63. The van der Waals surface area contributed by atoms with E-state index in [0.29, 0.717) is 5.92 Å². The van der Waals surface area contributed by atoms with Crippen LogP contribution < -0.4 is 0 Å². The van der Waals surface area contributed by atoms with Crippen LogP contribution in [0.25, 0.3) is 0 Å². The Bertz CT molecular complexity index is 331. The monoisotopic (exact) mass is 270 g/mol. The molecule has 19 heavy (non-hydrogen) atoms. The number of hydrogen-bond donors (Lipinski definition) is 1. The van der Waals surface area contributed by atoms with E-state index in [2.05, 4.69) is 6.92 Å². The lowest BCUT2D eigenvalue weighted by Crippen LogP contribution is -2.52. The second-order valence-electron chi connectivity index (χ2n) is 5.84. The van der Waals surface area contributed by atoms with Gasteiger partial charge in [-0.2, -0.15) is 0 Å². The topological polar surface area (TPSA) is 60.9 Å². The largest absolute Gasteiger partial charge is 0.480 e. The van der Waals surface area contributed by atoms with Crippen molar-refractivity contribution in [3.8, 4) is 0 Å². The van der Waals surface area contributed by atoms with Gasteiger partial charge < -0.3 is 14.9 Å². The first-order valence-corrected chi connectivity index (χ1v) is 7.09. The van der Waals surface area contributed by atoms with E-state index >= 15 is 0 Å². The Balaban J connectivity index is 2.74. The summed E-state index contributed by atoms with van der Waals surface area (Å²) in [6, 6.07) is -0.0441. The van der Waals surface area contributed by atoms with Gasteiger partial charge in [0.05, 0.1) is 0 Å². The number of carboxylic acid groups (broad SMARTS) is 1. The molecule has 0 heterocycles. The Morgan fingerprint density at radius 3 is 2.32 bits per heavy atom. The summed E-state index contributed by atoms with van der Waals surface area (Å²) >= 11 is 0. The minimum atomic E-state index is -0.966. The first kappa shape index (κ1) is 15.8. The van der Waals surface area contributed by atoms with Crippen LogP contribution in [-0.4, -0.2) is 52.6 Å². The smallest absolute Gasteiger partial charge is 0.323 e. The Morgan fingerprint density at radius 1 is 1.26 bits per heavy atom. The molecule has 2 atom stereocenters. The molecule has 2 unspecified atom stereocenters. The second-order valence-corrected chi connectivity index (χ2v) is 5.84. The van der Waals surface area contributed by atoms with Gasteiger partial charge >= 0.3 is 12.0 Å². The van der Waals surface area contributed by atoms with Crippen molar-refractivity contribution in [1.82, 2.24) is 9.80 Å². The van der Waals surface area contributed by atoms with E-state index in [9.17, 15) is 9.59 Å². The fourth-order valence-electron chi connectivity index (χ4n) is 2.83. The lowest BCUT2D eigenvalue weighted by atomic mass is 9.85. The fourth-order valence-corrected chi connectivity index (χ4v) is 2.83. The number of carboxylic acids is 1. The van der Waals surface area contributed by atoms with Gasteiger partial charge in [0.15, 0.2) is 0 Å². The predicted octanol–water partition coefficient (Wildman–Crippen LogP) is 2.41. The van der Waals surface area contributed by atoms with Crippen molar-refractivity contribution in [2.45, 2.75) is 58.5 Å². The molecule has 0 aromatic heterocycles. The van der Waals surface area contributed by atoms with Gasteiger partial charge in [-0.25, -0.2) is 4.79 Å². The van der Waals surface area contributed by atoms with Crippen molar-refractivity contribution in [1.29, 1.82) is 0 Å². The molecule has 0 aliphatic heterocycles. The Labute approximate surface area is 115 Å². The lowest BCUT2D eigenvalue weighted by Gasteiger charge is -2.39. The van der Waals surface area contributed by atoms with Crippen molar-refractivity contribution >= 4 is 12.0 Å². The zero-order valence-corrected chi connectivity index (χ0v) is 12.4. The highest BCUT2D eigenvalue weighted by atomic mass is 16.4.